The molecule has 1 aromatic rings. The Morgan fingerprint density at radius 3 is 2.72 bits per heavy atom. The van der Waals surface area contributed by atoms with Gasteiger partial charge in [-0.1, -0.05) is 18.0 Å². The maximum Gasteiger partial charge on any atom is 0.171 e. The highest BCUT2D eigenvalue weighted by Crippen LogP contribution is 2.20. The first-order chi connectivity index (χ1) is 8.58. The Morgan fingerprint density at radius 1 is 1.28 bits per heavy atom. The molecule has 0 amide bonds. The molecule has 1 aromatic heterocycles. The molecule has 0 bridgehead atoms. The van der Waals surface area contributed by atoms with Crippen LogP contribution in [0.25, 0.3) is 0 Å². The van der Waals surface area contributed by atoms with Gasteiger partial charge in [-0.15, -0.1) is 0 Å². The van der Waals surface area contributed by atoms with Gasteiger partial charge in [0.2, 0.25) is 0 Å². The van der Waals surface area contributed by atoms with E-state index in [2.05, 4.69) is 27.2 Å². The summed E-state index contributed by atoms with van der Waals surface area (Å²) in [6.07, 6.45) is 3.85. The van der Waals surface area contributed by atoms with Crippen LogP contribution >= 0.6 is 11.6 Å². The van der Waals surface area contributed by atoms with E-state index in [9.17, 15) is 0 Å². The van der Waals surface area contributed by atoms with Crippen molar-refractivity contribution in [1.29, 1.82) is 0 Å². The number of aryl methyl sites for hydroxylation is 2. The Kier molecular flexibility index (Phi) is 4.40. The number of likely N-dealkylation sites (N-methyl/N-ethyl adjacent to an activating group) is 1. The van der Waals surface area contributed by atoms with Gasteiger partial charge in [-0.05, 0) is 40.3 Å². The van der Waals surface area contributed by atoms with Gasteiger partial charge in [0.1, 0.15) is 0 Å². The Bertz CT molecular complexity index is 422. The third-order valence-electron chi connectivity index (χ3n) is 3.69. The third kappa shape index (κ3) is 3.12. The summed E-state index contributed by atoms with van der Waals surface area (Å²) in [6.45, 7) is 5.94. The average molecular weight is 269 g/mol. The summed E-state index contributed by atoms with van der Waals surface area (Å²) in [4.78, 5) is 11.1. The summed E-state index contributed by atoms with van der Waals surface area (Å²) in [6, 6.07) is 0.568. The highest BCUT2D eigenvalue weighted by Gasteiger charge is 2.19. The lowest BCUT2D eigenvalue weighted by molar-refractivity contribution is 0.194. The molecule has 0 saturated carbocycles. The third-order valence-corrected chi connectivity index (χ3v) is 3.95. The van der Waals surface area contributed by atoms with E-state index < -0.39 is 0 Å². The highest BCUT2D eigenvalue weighted by atomic mass is 35.5. The van der Waals surface area contributed by atoms with Gasteiger partial charge in [0.15, 0.2) is 11.0 Å². The Morgan fingerprint density at radius 2 is 2.00 bits per heavy atom. The molecule has 1 aliphatic heterocycles. The molecule has 5 heteroatoms. The number of rotatable bonds is 3. The van der Waals surface area contributed by atoms with E-state index in [-0.39, 0.29) is 0 Å². The second kappa shape index (κ2) is 5.85. The molecular weight excluding hydrogens is 248 g/mol. The van der Waals surface area contributed by atoms with Crippen LogP contribution in [0.2, 0.25) is 5.15 Å². The minimum atomic E-state index is 0.469. The van der Waals surface area contributed by atoms with Crippen LogP contribution in [0.4, 0.5) is 5.82 Å². The summed E-state index contributed by atoms with van der Waals surface area (Å²) >= 11 is 6.11. The van der Waals surface area contributed by atoms with Crippen molar-refractivity contribution in [2.45, 2.75) is 39.2 Å². The number of piperidine rings is 1. The lowest BCUT2D eigenvalue weighted by Gasteiger charge is -2.32. The van der Waals surface area contributed by atoms with E-state index in [0.29, 0.717) is 17.0 Å². The van der Waals surface area contributed by atoms with Crippen LogP contribution in [0.1, 0.15) is 30.7 Å². The van der Waals surface area contributed by atoms with Crippen LogP contribution in [0.15, 0.2) is 0 Å². The zero-order chi connectivity index (χ0) is 13.1. The maximum atomic E-state index is 6.11. The van der Waals surface area contributed by atoms with Crippen LogP contribution in [0, 0.1) is 13.8 Å². The summed E-state index contributed by atoms with van der Waals surface area (Å²) < 4.78 is 0. The van der Waals surface area contributed by atoms with Crippen LogP contribution < -0.4 is 5.32 Å². The van der Waals surface area contributed by atoms with E-state index in [0.717, 1.165) is 17.9 Å². The largest absolute Gasteiger partial charge is 0.366 e. The number of likely N-dealkylation sites (tertiary alicyclic amines) is 1. The molecule has 1 aliphatic rings. The van der Waals surface area contributed by atoms with Crippen LogP contribution in [0.5, 0.6) is 0 Å². The molecule has 1 unspecified atom stereocenters. The number of aromatic nitrogens is 2. The zero-order valence-electron chi connectivity index (χ0n) is 11.3. The van der Waals surface area contributed by atoms with Crippen molar-refractivity contribution in [3.8, 4) is 0 Å². The first-order valence-corrected chi connectivity index (χ1v) is 6.90. The number of anilines is 1. The second-order valence-electron chi connectivity index (χ2n) is 5.04. The lowest BCUT2D eigenvalue weighted by atomic mass is 10.0. The van der Waals surface area contributed by atoms with Crippen molar-refractivity contribution in [1.82, 2.24) is 14.9 Å². The van der Waals surface area contributed by atoms with Gasteiger partial charge in [0.25, 0.3) is 0 Å². The molecule has 1 N–H and O–H groups in total. The van der Waals surface area contributed by atoms with Crippen molar-refractivity contribution in [2.75, 3.05) is 25.5 Å². The van der Waals surface area contributed by atoms with Gasteiger partial charge in [0.05, 0.1) is 11.4 Å². The topological polar surface area (TPSA) is 41.1 Å². The van der Waals surface area contributed by atoms with E-state index in [1.807, 2.05) is 13.8 Å². The molecule has 2 rings (SSSR count). The predicted octanol–water partition coefficient (Wildman–Crippen LogP) is 2.64. The van der Waals surface area contributed by atoms with Crippen LogP contribution in [0.3, 0.4) is 0 Å². The predicted molar refractivity (Wildman–Crippen MR) is 75.3 cm³/mol. The zero-order valence-corrected chi connectivity index (χ0v) is 12.1. The highest BCUT2D eigenvalue weighted by molar-refractivity contribution is 6.31. The Labute approximate surface area is 114 Å². The number of halogens is 1. The first kappa shape index (κ1) is 13.6. The lowest BCUT2D eigenvalue weighted by Crippen LogP contribution is -2.40. The molecule has 100 valence electrons. The number of hydrogen-bond donors (Lipinski definition) is 1. The van der Waals surface area contributed by atoms with E-state index >= 15 is 0 Å². The monoisotopic (exact) mass is 268 g/mol. The minimum Gasteiger partial charge on any atom is -0.366 e. The van der Waals surface area contributed by atoms with Crippen molar-refractivity contribution in [3.05, 3.63) is 16.5 Å². The normalized spacial score (nSPS) is 21.0. The van der Waals surface area contributed by atoms with Crippen LogP contribution in [-0.2, 0) is 0 Å². The van der Waals surface area contributed by atoms with Gasteiger partial charge < -0.3 is 10.2 Å². The van der Waals surface area contributed by atoms with E-state index in [1.165, 1.54) is 25.8 Å². The fraction of sp³-hybridized carbons (Fsp3) is 0.692. The van der Waals surface area contributed by atoms with Crippen molar-refractivity contribution < 1.29 is 0 Å². The summed E-state index contributed by atoms with van der Waals surface area (Å²) in [7, 11) is 2.18. The molecule has 0 spiro atoms. The van der Waals surface area contributed by atoms with Crippen molar-refractivity contribution in [2.24, 2.45) is 0 Å². The molecule has 0 aromatic carbocycles. The van der Waals surface area contributed by atoms with Gasteiger partial charge in [0, 0.05) is 12.6 Å². The smallest absolute Gasteiger partial charge is 0.171 e. The maximum absolute atomic E-state index is 6.11. The SMILES string of the molecule is Cc1nc(Cl)c(NCC2CCCCN2C)nc1C. The second-order valence-corrected chi connectivity index (χ2v) is 5.40. The molecular formula is C13H21ClN4. The molecule has 4 nitrogen and oxygen atoms in total. The average Bonchev–Trinajstić information content (AvgIpc) is 2.34. The number of nitrogens with zero attached hydrogens (tertiary/aromatic N) is 3. The minimum absolute atomic E-state index is 0.469. The molecule has 2 heterocycles. The van der Waals surface area contributed by atoms with Gasteiger partial charge >= 0.3 is 0 Å². The summed E-state index contributed by atoms with van der Waals surface area (Å²) in [5.41, 5.74) is 1.82. The fourth-order valence-electron chi connectivity index (χ4n) is 2.30. The number of nitrogens with one attached hydrogen (secondary N) is 1. The van der Waals surface area contributed by atoms with E-state index in [1.54, 1.807) is 0 Å². The van der Waals surface area contributed by atoms with Gasteiger partial charge in [-0.3, -0.25) is 0 Å². The van der Waals surface area contributed by atoms with Crippen LogP contribution in [-0.4, -0.2) is 41.0 Å². The Hall–Kier alpha value is -0.870. The molecule has 1 saturated heterocycles. The molecule has 1 fully saturated rings. The fourth-order valence-corrected chi connectivity index (χ4v) is 2.54. The standard InChI is InChI=1S/C13H21ClN4/c1-9-10(2)17-13(12(14)16-9)15-8-11-6-4-5-7-18(11)3/h11H,4-8H2,1-3H3,(H,15,17). The number of hydrogen-bond acceptors (Lipinski definition) is 4. The van der Waals surface area contributed by atoms with Crippen molar-refractivity contribution in [3.63, 3.8) is 0 Å². The Balaban J connectivity index is 1.99. The molecule has 1 atom stereocenters. The first-order valence-electron chi connectivity index (χ1n) is 6.53. The van der Waals surface area contributed by atoms with Gasteiger partial charge in [-0.25, -0.2) is 9.97 Å². The van der Waals surface area contributed by atoms with E-state index in [4.69, 9.17) is 11.6 Å². The molecule has 18 heavy (non-hydrogen) atoms. The van der Waals surface area contributed by atoms with Crippen molar-refractivity contribution >= 4 is 17.4 Å². The molecule has 0 aliphatic carbocycles. The summed E-state index contributed by atoms with van der Waals surface area (Å²) in [5.74, 6) is 0.707. The van der Waals surface area contributed by atoms with Gasteiger partial charge in [-0.2, -0.15) is 0 Å². The quantitative estimate of drug-likeness (QED) is 0.915. The molecule has 0 radical (unpaired) electrons. The summed E-state index contributed by atoms with van der Waals surface area (Å²) in [5, 5.41) is 3.80.